The summed E-state index contributed by atoms with van der Waals surface area (Å²) >= 11 is 0. The maximum atomic E-state index is 5.01. The molecule has 0 atom stereocenters. The summed E-state index contributed by atoms with van der Waals surface area (Å²) in [5.41, 5.74) is 0. The van der Waals surface area contributed by atoms with E-state index in [-0.39, 0.29) is 0 Å². The Kier molecular flexibility index (Phi) is 11.8. The fraction of sp³-hybridized carbons (Fsp3) is 1.00. The molecule has 0 spiro atoms. The second-order valence-corrected chi connectivity index (χ2v) is 3.42. The van der Waals surface area contributed by atoms with E-state index in [0.29, 0.717) is 0 Å². The Bertz CT molecular complexity index is 66.6. The van der Waals surface area contributed by atoms with E-state index >= 15 is 0 Å². The molecule has 0 bridgehead atoms. The summed E-state index contributed by atoms with van der Waals surface area (Å²) in [6, 6.07) is 0. The molecular formula is C11H25NO. The van der Waals surface area contributed by atoms with Crippen LogP contribution in [0.3, 0.4) is 0 Å². The molecule has 0 saturated carbocycles. The highest BCUT2D eigenvalue weighted by atomic mass is 16.5. The van der Waals surface area contributed by atoms with Gasteiger partial charge < -0.3 is 10.1 Å². The van der Waals surface area contributed by atoms with Gasteiger partial charge in [-0.15, -0.1) is 0 Å². The summed E-state index contributed by atoms with van der Waals surface area (Å²) < 4.78 is 5.01. The number of nitrogens with one attached hydrogen (secondary N) is 1. The van der Waals surface area contributed by atoms with Crippen molar-refractivity contribution in [3.05, 3.63) is 0 Å². The third-order valence-electron chi connectivity index (χ3n) is 2.05. The van der Waals surface area contributed by atoms with Crippen molar-refractivity contribution in [1.29, 1.82) is 0 Å². The van der Waals surface area contributed by atoms with Gasteiger partial charge in [0.25, 0.3) is 0 Å². The van der Waals surface area contributed by atoms with Crippen molar-refractivity contribution in [2.45, 2.75) is 46.0 Å². The first kappa shape index (κ1) is 12.9. The monoisotopic (exact) mass is 187 g/mol. The van der Waals surface area contributed by atoms with E-state index in [2.05, 4.69) is 19.2 Å². The highest BCUT2D eigenvalue weighted by Gasteiger charge is 1.92. The van der Waals surface area contributed by atoms with Crippen molar-refractivity contribution in [2.24, 2.45) is 0 Å². The zero-order valence-corrected chi connectivity index (χ0v) is 9.27. The van der Waals surface area contributed by atoms with Gasteiger partial charge in [0.15, 0.2) is 0 Å². The van der Waals surface area contributed by atoms with Gasteiger partial charge >= 0.3 is 0 Å². The molecule has 1 aliphatic rings. The van der Waals surface area contributed by atoms with Gasteiger partial charge in [0, 0.05) is 13.1 Å². The van der Waals surface area contributed by atoms with Gasteiger partial charge in [-0.25, -0.2) is 0 Å². The molecule has 1 heterocycles. The Morgan fingerprint density at radius 3 is 1.69 bits per heavy atom. The maximum absolute atomic E-state index is 5.01. The fourth-order valence-corrected chi connectivity index (χ4v) is 1.19. The van der Waals surface area contributed by atoms with E-state index in [0.717, 1.165) is 26.3 Å². The van der Waals surface area contributed by atoms with E-state index in [1.165, 1.54) is 32.1 Å². The summed E-state index contributed by atoms with van der Waals surface area (Å²) in [6.45, 7) is 8.32. The van der Waals surface area contributed by atoms with Crippen LogP contribution >= 0.6 is 0 Å². The molecule has 0 aromatic rings. The highest BCUT2D eigenvalue weighted by Crippen LogP contribution is 2.00. The molecule has 80 valence electrons. The van der Waals surface area contributed by atoms with Crippen LogP contribution in [-0.4, -0.2) is 26.3 Å². The van der Waals surface area contributed by atoms with Crippen LogP contribution in [0, 0.1) is 0 Å². The molecule has 1 saturated heterocycles. The SMILES string of the molecule is C1COCCN1.CCCCCCC. The summed E-state index contributed by atoms with van der Waals surface area (Å²) in [6.07, 6.45) is 7.01. The maximum Gasteiger partial charge on any atom is 0.0591 e. The van der Waals surface area contributed by atoms with Gasteiger partial charge in [0.05, 0.1) is 13.2 Å². The van der Waals surface area contributed by atoms with Crippen molar-refractivity contribution in [3.8, 4) is 0 Å². The predicted octanol–water partition coefficient (Wildman–Crippen LogP) is 2.58. The average Bonchev–Trinajstić information content (AvgIpc) is 2.22. The van der Waals surface area contributed by atoms with E-state index in [4.69, 9.17) is 4.74 Å². The quantitative estimate of drug-likeness (QED) is 0.683. The zero-order valence-electron chi connectivity index (χ0n) is 9.27. The molecule has 1 N–H and O–H groups in total. The Morgan fingerprint density at radius 2 is 1.46 bits per heavy atom. The minimum Gasteiger partial charge on any atom is -0.379 e. The highest BCUT2D eigenvalue weighted by molar-refractivity contribution is 4.49. The topological polar surface area (TPSA) is 21.3 Å². The third-order valence-corrected chi connectivity index (χ3v) is 2.05. The molecule has 1 aliphatic heterocycles. The minimum absolute atomic E-state index is 0.889. The summed E-state index contributed by atoms with van der Waals surface area (Å²) in [4.78, 5) is 0. The van der Waals surface area contributed by atoms with Crippen LogP contribution in [-0.2, 0) is 4.74 Å². The molecule has 1 fully saturated rings. The first-order valence-corrected chi connectivity index (χ1v) is 5.70. The van der Waals surface area contributed by atoms with Crippen LogP contribution < -0.4 is 5.32 Å². The second kappa shape index (κ2) is 11.9. The first-order chi connectivity index (χ1) is 6.41. The largest absolute Gasteiger partial charge is 0.379 e. The molecular weight excluding hydrogens is 162 g/mol. The average molecular weight is 187 g/mol. The van der Waals surface area contributed by atoms with Gasteiger partial charge in [0.2, 0.25) is 0 Å². The smallest absolute Gasteiger partial charge is 0.0591 e. The van der Waals surface area contributed by atoms with Crippen LogP contribution in [0.25, 0.3) is 0 Å². The van der Waals surface area contributed by atoms with E-state index < -0.39 is 0 Å². The standard InChI is InChI=1S/C7H16.C4H9NO/c1-3-5-7-6-4-2;1-3-6-4-2-5-1/h3-7H2,1-2H3;5H,1-4H2. The fourth-order valence-electron chi connectivity index (χ4n) is 1.19. The normalized spacial score (nSPS) is 16.2. The minimum atomic E-state index is 0.889. The van der Waals surface area contributed by atoms with Crippen LogP contribution in [0.4, 0.5) is 0 Å². The molecule has 0 radical (unpaired) electrons. The lowest BCUT2D eigenvalue weighted by Gasteiger charge is -2.10. The van der Waals surface area contributed by atoms with Gasteiger partial charge in [0.1, 0.15) is 0 Å². The lowest BCUT2D eigenvalue weighted by atomic mass is 10.2. The van der Waals surface area contributed by atoms with E-state index in [1.54, 1.807) is 0 Å². The lowest BCUT2D eigenvalue weighted by Crippen LogP contribution is -2.30. The van der Waals surface area contributed by atoms with Crippen LogP contribution in [0.1, 0.15) is 46.0 Å². The van der Waals surface area contributed by atoms with Crippen molar-refractivity contribution < 1.29 is 4.74 Å². The molecule has 0 unspecified atom stereocenters. The van der Waals surface area contributed by atoms with Crippen molar-refractivity contribution in [3.63, 3.8) is 0 Å². The lowest BCUT2D eigenvalue weighted by molar-refractivity contribution is 0.109. The second-order valence-electron chi connectivity index (χ2n) is 3.42. The summed E-state index contributed by atoms with van der Waals surface area (Å²) in [5, 5.41) is 3.16. The third kappa shape index (κ3) is 11.9. The Morgan fingerprint density at radius 1 is 0.923 bits per heavy atom. The molecule has 0 aromatic carbocycles. The Hall–Kier alpha value is -0.0800. The number of morpholine rings is 1. The molecule has 1 rings (SSSR count). The van der Waals surface area contributed by atoms with E-state index in [1.807, 2.05) is 0 Å². The molecule has 0 aliphatic carbocycles. The molecule has 0 amide bonds. The van der Waals surface area contributed by atoms with Crippen molar-refractivity contribution in [1.82, 2.24) is 5.32 Å². The number of rotatable bonds is 4. The van der Waals surface area contributed by atoms with Crippen molar-refractivity contribution in [2.75, 3.05) is 26.3 Å². The van der Waals surface area contributed by atoms with Gasteiger partial charge in [-0.1, -0.05) is 46.0 Å². The number of unbranched alkanes of at least 4 members (excludes halogenated alkanes) is 4. The molecule has 2 heteroatoms. The van der Waals surface area contributed by atoms with E-state index in [9.17, 15) is 0 Å². The Labute approximate surface area is 83.1 Å². The summed E-state index contributed by atoms with van der Waals surface area (Å²) in [5.74, 6) is 0. The van der Waals surface area contributed by atoms with Crippen LogP contribution in [0.2, 0.25) is 0 Å². The van der Waals surface area contributed by atoms with Gasteiger partial charge in [-0.2, -0.15) is 0 Å². The molecule has 2 nitrogen and oxygen atoms in total. The van der Waals surface area contributed by atoms with Crippen molar-refractivity contribution >= 4 is 0 Å². The van der Waals surface area contributed by atoms with Gasteiger partial charge in [-0.3, -0.25) is 0 Å². The van der Waals surface area contributed by atoms with Crippen LogP contribution in [0.5, 0.6) is 0 Å². The molecule has 13 heavy (non-hydrogen) atoms. The first-order valence-electron chi connectivity index (χ1n) is 5.70. The molecule has 0 aromatic heterocycles. The van der Waals surface area contributed by atoms with Crippen LogP contribution in [0.15, 0.2) is 0 Å². The predicted molar refractivity (Wildman–Crippen MR) is 58.1 cm³/mol. The Balaban J connectivity index is 0.000000223. The summed E-state index contributed by atoms with van der Waals surface area (Å²) in [7, 11) is 0. The number of hydrogen-bond donors (Lipinski definition) is 1. The number of ether oxygens (including phenoxy) is 1. The van der Waals surface area contributed by atoms with Gasteiger partial charge in [-0.05, 0) is 0 Å². The number of hydrogen-bond acceptors (Lipinski definition) is 2. The zero-order chi connectivity index (χ0) is 9.78.